The molecular weight excluding hydrogens is 192 g/mol. The molecule has 0 aliphatic rings. The molecule has 0 amide bonds. The fraction of sp³-hybridized carbons (Fsp3) is 0. The van der Waals surface area contributed by atoms with Gasteiger partial charge in [-0.15, -0.1) is 0 Å². The fourth-order valence-electron chi connectivity index (χ4n) is 0.306. The summed E-state index contributed by atoms with van der Waals surface area (Å²) in [6.45, 7) is 0. The van der Waals surface area contributed by atoms with Gasteiger partial charge in [-0.25, -0.2) is 10.5 Å². The highest BCUT2D eigenvalue weighted by atomic mass is 79.9. The molecule has 1 rings (SSSR count). The Hall–Kier alpha value is -0.130. The van der Waals surface area contributed by atoms with Crippen molar-refractivity contribution < 1.29 is 5.21 Å². The molecule has 0 aliphatic carbocycles. The summed E-state index contributed by atoms with van der Waals surface area (Å²) in [6.07, 6.45) is 1.61. The molecule has 0 aliphatic heterocycles. The third-order valence-electron chi connectivity index (χ3n) is 0.573. The number of nitrogens with zero attached hydrogens (tertiary/aromatic N) is 1. The quantitative estimate of drug-likeness (QED) is 0.670. The van der Waals surface area contributed by atoms with Crippen LogP contribution in [0.1, 0.15) is 0 Å². The van der Waals surface area contributed by atoms with Crippen LogP contribution >= 0.6 is 27.3 Å². The zero-order chi connectivity index (χ0) is 5.98. The topological polar surface area (TPSA) is 45.1 Å². The number of thiazole rings is 1. The highest BCUT2D eigenvalue weighted by molar-refractivity contribution is 9.11. The maximum absolute atomic E-state index is 8.23. The summed E-state index contributed by atoms with van der Waals surface area (Å²) in [7, 11) is 0. The smallest absolute Gasteiger partial charge is 0.207 e. The summed E-state index contributed by atoms with van der Waals surface area (Å²) in [5.74, 6) is 0. The maximum Gasteiger partial charge on any atom is 0.207 e. The molecule has 0 unspecified atom stereocenters. The van der Waals surface area contributed by atoms with Crippen molar-refractivity contribution in [3.8, 4) is 0 Å². The minimum Gasteiger partial charge on any atom is -0.289 e. The number of rotatable bonds is 1. The van der Waals surface area contributed by atoms with Crippen LogP contribution in [0, 0.1) is 0 Å². The van der Waals surface area contributed by atoms with Gasteiger partial charge in [0.25, 0.3) is 0 Å². The van der Waals surface area contributed by atoms with E-state index in [0.717, 1.165) is 3.79 Å². The SMILES string of the molecule is ONc1ncc(Br)s1. The molecular formula is C3H3BrN2OS. The van der Waals surface area contributed by atoms with Gasteiger partial charge >= 0.3 is 0 Å². The maximum atomic E-state index is 8.23. The van der Waals surface area contributed by atoms with E-state index in [1.165, 1.54) is 11.3 Å². The third kappa shape index (κ3) is 1.18. The Morgan fingerprint density at radius 1 is 1.88 bits per heavy atom. The Bertz CT molecular complexity index is 178. The number of aromatic nitrogens is 1. The Morgan fingerprint density at radius 2 is 2.62 bits per heavy atom. The van der Waals surface area contributed by atoms with Gasteiger partial charge in [0, 0.05) is 0 Å². The van der Waals surface area contributed by atoms with Crippen molar-refractivity contribution in [1.29, 1.82) is 0 Å². The van der Waals surface area contributed by atoms with Crippen molar-refractivity contribution >= 4 is 32.4 Å². The molecule has 2 N–H and O–H groups in total. The van der Waals surface area contributed by atoms with Crippen molar-refractivity contribution in [2.75, 3.05) is 5.48 Å². The first kappa shape index (κ1) is 6.00. The fourth-order valence-corrected chi connectivity index (χ4v) is 1.31. The molecule has 0 bridgehead atoms. The second-order valence-corrected chi connectivity index (χ2v) is 3.49. The molecule has 0 saturated heterocycles. The summed E-state index contributed by atoms with van der Waals surface area (Å²) >= 11 is 4.51. The van der Waals surface area contributed by atoms with E-state index in [1.54, 1.807) is 6.20 Å². The predicted octanol–water partition coefficient (Wildman–Crippen LogP) is 1.71. The summed E-state index contributed by atoms with van der Waals surface area (Å²) in [6, 6.07) is 0. The van der Waals surface area contributed by atoms with E-state index in [4.69, 9.17) is 5.21 Å². The first-order chi connectivity index (χ1) is 3.83. The average molecular weight is 195 g/mol. The Labute approximate surface area is 58.5 Å². The van der Waals surface area contributed by atoms with Gasteiger partial charge in [-0.1, -0.05) is 11.3 Å². The number of hydrogen-bond acceptors (Lipinski definition) is 4. The lowest BCUT2D eigenvalue weighted by molar-refractivity contribution is 0.388. The monoisotopic (exact) mass is 194 g/mol. The molecule has 44 valence electrons. The van der Waals surface area contributed by atoms with Gasteiger partial charge in [0.15, 0.2) is 0 Å². The Morgan fingerprint density at radius 3 is 2.88 bits per heavy atom. The number of anilines is 1. The molecule has 1 aromatic heterocycles. The Kier molecular flexibility index (Phi) is 1.82. The van der Waals surface area contributed by atoms with Gasteiger partial charge in [-0.3, -0.25) is 5.21 Å². The zero-order valence-electron chi connectivity index (χ0n) is 3.76. The van der Waals surface area contributed by atoms with Gasteiger partial charge in [-0.2, -0.15) is 0 Å². The molecule has 0 aromatic carbocycles. The molecule has 8 heavy (non-hydrogen) atoms. The highest BCUT2D eigenvalue weighted by Gasteiger charge is 1.93. The van der Waals surface area contributed by atoms with Gasteiger partial charge < -0.3 is 0 Å². The van der Waals surface area contributed by atoms with E-state index in [9.17, 15) is 0 Å². The summed E-state index contributed by atoms with van der Waals surface area (Å²) in [5, 5.41) is 8.73. The van der Waals surface area contributed by atoms with Gasteiger partial charge in [0.05, 0.1) is 9.98 Å². The zero-order valence-corrected chi connectivity index (χ0v) is 6.16. The molecule has 0 fully saturated rings. The minimum atomic E-state index is 0.497. The molecule has 0 spiro atoms. The van der Waals surface area contributed by atoms with Crippen LogP contribution in [0.25, 0.3) is 0 Å². The largest absolute Gasteiger partial charge is 0.289 e. The Balaban J connectivity index is 2.84. The van der Waals surface area contributed by atoms with E-state index in [2.05, 4.69) is 20.9 Å². The van der Waals surface area contributed by atoms with Crippen LogP contribution in [0.5, 0.6) is 0 Å². The minimum absolute atomic E-state index is 0.497. The van der Waals surface area contributed by atoms with Crippen molar-refractivity contribution in [2.24, 2.45) is 0 Å². The molecule has 1 aromatic rings. The van der Waals surface area contributed by atoms with E-state index in [0.29, 0.717) is 5.13 Å². The first-order valence-corrected chi connectivity index (χ1v) is 3.45. The first-order valence-electron chi connectivity index (χ1n) is 1.84. The normalized spacial score (nSPS) is 9.25. The predicted molar refractivity (Wildman–Crippen MR) is 35.2 cm³/mol. The molecule has 1 heterocycles. The lowest BCUT2D eigenvalue weighted by Gasteiger charge is -1.83. The van der Waals surface area contributed by atoms with Crippen molar-refractivity contribution in [3.05, 3.63) is 9.98 Å². The molecule has 0 radical (unpaired) electrons. The van der Waals surface area contributed by atoms with Crippen LogP contribution in [-0.2, 0) is 0 Å². The van der Waals surface area contributed by atoms with Crippen molar-refractivity contribution in [3.63, 3.8) is 0 Å². The third-order valence-corrected chi connectivity index (χ3v) is 1.95. The van der Waals surface area contributed by atoms with Gasteiger partial charge in [0.1, 0.15) is 0 Å². The summed E-state index contributed by atoms with van der Waals surface area (Å²) in [5.41, 5.74) is 1.93. The van der Waals surface area contributed by atoms with E-state index in [-0.39, 0.29) is 0 Å². The van der Waals surface area contributed by atoms with Gasteiger partial charge in [0.2, 0.25) is 5.13 Å². The number of hydrogen-bond donors (Lipinski definition) is 2. The molecule has 0 atom stereocenters. The van der Waals surface area contributed by atoms with Crippen LogP contribution in [0.15, 0.2) is 9.98 Å². The summed E-state index contributed by atoms with van der Waals surface area (Å²) in [4.78, 5) is 3.74. The second kappa shape index (κ2) is 2.43. The van der Waals surface area contributed by atoms with Crippen LogP contribution in [0.3, 0.4) is 0 Å². The lowest BCUT2D eigenvalue weighted by atomic mass is 11.0. The van der Waals surface area contributed by atoms with Crippen LogP contribution in [-0.4, -0.2) is 10.2 Å². The standard InChI is InChI=1S/C3H3BrN2OS/c4-2-1-5-3(6-7)8-2/h1,7H,(H,5,6). The molecule has 5 heteroatoms. The number of nitrogens with one attached hydrogen (secondary N) is 1. The molecule has 3 nitrogen and oxygen atoms in total. The summed E-state index contributed by atoms with van der Waals surface area (Å²) < 4.78 is 0.897. The number of halogens is 1. The highest BCUT2D eigenvalue weighted by Crippen LogP contribution is 2.21. The van der Waals surface area contributed by atoms with E-state index in [1.807, 2.05) is 5.48 Å². The molecule has 0 saturated carbocycles. The van der Waals surface area contributed by atoms with E-state index < -0.39 is 0 Å². The van der Waals surface area contributed by atoms with Gasteiger partial charge in [-0.05, 0) is 15.9 Å². The average Bonchev–Trinajstić information content (AvgIpc) is 2.14. The lowest BCUT2D eigenvalue weighted by Crippen LogP contribution is -1.84. The van der Waals surface area contributed by atoms with Crippen LogP contribution in [0.2, 0.25) is 0 Å². The second-order valence-electron chi connectivity index (χ2n) is 1.08. The van der Waals surface area contributed by atoms with E-state index >= 15 is 0 Å². The van der Waals surface area contributed by atoms with Crippen LogP contribution in [0.4, 0.5) is 5.13 Å². The van der Waals surface area contributed by atoms with Crippen molar-refractivity contribution in [2.45, 2.75) is 0 Å². The van der Waals surface area contributed by atoms with Crippen molar-refractivity contribution in [1.82, 2.24) is 4.98 Å². The van der Waals surface area contributed by atoms with Crippen LogP contribution < -0.4 is 5.48 Å².